The number of nitrogens with one attached hydrogen (secondary N) is 1. The van der Waals surface area contributed by atoms with Gasteiger partial charge in [0, 0.05) is 10.9 Å². The van der Waals surface area contributed by atoms with Gasteiger partial charge in [0.1, 0.15) is 0 Å². The van der Waals surface area contributed by atoms with E-state index in [-0.39, 0.29) is 0 Å². The van der Waals surface area contributed by atoms with Gasteiger partial charge >= 0.3 is 0 Å². The maximum Gasteiger partial charge on any atom is 0.0328 e. The second kappa shape index (κ2) is 10.3. The summed E-state index contributed by atoms with van der Waals surface area (Å²) in [5, 5.41) is 3.48. The molecule has 0 aromatic heterocycles. The Morgan fingerprint density at radius 1 is 1.05 bits per heavy atom. The molecule has 0 aliphatic rings. The molecule has 0 aliphatic heterocycles. The van der Waals surface area contributed by atoms with Crippen molar-refractivity contribution in [3.05, 3.63) is 29.8 Å². The van der Waals surface area contributed by atoms with E-state index in [1.165, 1.54) is 55.4 Å². The van der Waals surface area contributed by atoms with E-state index in [9.17, 15) is 0 Å². The lowest BCUT2D eigenvalue weighted by molar-refractivity contribution is 0.493. The molecule has 19 heavy (non-hydrogen) atoms. The minimum absolute atomic E-state index is 0.509. The maximum atomic E-state index is 3.48. The van der Waals surface area contributed by atoms with Crippen molar-refractivity contribution in [3.8, 4) is 0 Å². The van der Waals surface area contributed by atoms with Gasteiger partial charge in [-0.05, 0) is 31.4 Å². The first-order valence-electron chi connectivity index (χ1n) is 7.63. The van der Waals surface area contributed by atoms with E-state index in [0.29, 0.717) is 6.04 Å². The van der Waals surface area contributed by atoms with Crippen molar-refractivity contribution in [1.29, 1.82) is 0 Å². The smallest absolute Gasteiger partial charge is 0.0328 e. The van der Waals surface area contributed by atoms with E-state index in [1.54, 1.807) is 0 Å². The van der Waals surface area contributed by atoms with Gasteiger partial charge in [0.2, 0.25) is 0 Å². The van der Waals surface area contributed by atoms with Gasteiger partial charge < -0.3 is 5.32 Å². The molecule has 0 fully saturated rings. The first-order chi connectivity index (χ1) is 9.33. The van der Waals surface area contributed by atoms with Crippen LogP contribution in [0, 0.1) is 0 Å². The topological polar surface area (TPSA) is 12.0 Å². The maximum absolute atomic E-state index is 3.48. The van der Waals surface area contributed by atoms with E-state index in [1.807, 2.05) is 11.8 Å². The molecule has 1 aromatic carbocycles. The molecule has 0 spiro atoms. The van der Waals surface area contributed by atoms with Crippen molar-refractivity contribution in [1.82, 2.24) is 5.32 Å². The summed E-state index contributed by atoms with van der Waals surface area (Å²) in [4.78, 5) is 1.41. The highest BCUT2D eigenvalue weighted by molar-refractivity contribution is 7.98. The first kappa shape index (κ1) is 16.6. The van der Waals surface area contributed by atoms with Crippen LogP contribution in [-0.2, 0) is 0 Å². The summed E-state index contributed by atoms with van der Waals surface area (Å²) in [7, 11) is 2.08. The first-order valence-corrected chi connectivity index (χ1v) is 8.86. The molecule has 108 valence electrons. The fraction of sp³-hybridized carbons (Fsp3) is 0.647. The SMILES string of the molecule is CCCCCCCCC(NC)c1ccccc1SC. The lowest BCUT2D eigenvalue weighted by Crippen LogP contribution is -2.17. The van der Waals surface area contributed by atoms with Gasteiger partial charge in [-0.1, -0.05) is 63.6 Å². The number of unbranched alkanes of at least 4 members (excludes halogenated alkanes) is 5. The molecule has 1 nitrogen and oxygen atoms in total. The number of hydrogen-bond acceptors (Lipinski definition) is 2. The summed E-state index contributed by atoms with van der Waals surface area (Å²) < 4.78 is 0. The Morgan fingerprint density at radius 2 is 1.74 bits per heavy atom. The van der Waals surface area contributed by atoms with Crippen LogP contribution in [0.4, 0.5) is 0 Å². The summed E-state index contributed by atoms with van der Waals surface area (Å²) in [6.07, 6.45) is 11.6. The third-order valence-electron chi connectivity index (χ3n) is 3.71. The molecule has 2 heteroatoms. The Bertz CT molecular complexity index is 338. The van der Waals surface area contributed by atoms with E-state index in [0.717, 1.165) is 0 Å². The normalized spacial score (nSPS) is 12.6. The standard InChI is InChI=1S/C17H29NS/c1-4-5-6-7-8-9-13-16(18-2)15-12-10-11-14-17(15)19-3/h10-12,14,16,18H,4-9,13H2,1-3H3. The zero-order valence-electron chi connectivity index (χ0n) is 12.7. The third-order valence-corrected chi connectivity index (χ3v) is 4.52. The van der Waals surface area contributed by atoms with E-state index < -0.39 is 0 Å². The lowest BCUT2D eigenvalue weighted by Gasteiger charge is -2.19. The molecule has 0 aliphatic carbocycles. The predicted octanol–water partition coefficient (Wildman–Crippen LogP) is 5.42. The largest absolute Gasteiger partial charge is 0.313 e. The Hall–Kier alpha value is -0.470. The molecule has 1 atom stereocenters. The molecule has 1 aromatic rings. The minimum Gasteiger partial charge on any atom is -0.313 e. The Morgan fingerprint density at radius 3 is 2.42 bits per heavy atom. The quantitative estimate of drug-likeness (QED) is 0.453. The molecule has 0 saturated carbocycles. The van der Waals surface area contributed by atoms with Crippen molar-refractivity contribution in [3.63, 3.8) is 0 Å². The summed E-state index contributed by atoms with van der Waals surface area (Å²) in [6, 6.07) is 9.29. The monoisotopic (exact) mass is 279 g/mol. The lowest BCUT2D eigenvalue weighted by atomic mass is 9.99. The Balaban J connectivity index is 2.40. The van der Waals surface area contributed by atoms with Crippen LogP contribution >= 0.6 is 11.8 Å². The van der Waals surface area contributed by atoms with Crippen molar-refractivity contribution in [2.75, 3.05) is 13.3 Å². The van der Waals surface area contributed by atoms with E-state index in [2.05, 4.69) is 49.8 Å². The second-order valence-corrected chi connectivity index (χ2v) is 5.99. The molecular formula is C17H29NS. The highest BCUT2D eigenvalue weighted by Gasteiger charge is 2.12. The predicted molar refractivity (Wildman–Crippen MR) is 88.0 cm³/mol. The number of rotatable bonds is 10. The molecule has 1 N–H and O–H groups in total. The van der Waals surface area contributed by atoms with E-state index in [4.69, 9.17) is 0 Å². The van der Waals surface area contributed by atoms with Crippen LogP contribution in [0.3, 0.4) is 0 Å². The average molecular weight is 279 g/mol. The van der Waals surface area contributed by atoms with Crippen LogP contribution in [0.5, 0.6) is 0 Å². The Kier molecular flexibility index (Phi) is 9.02. The molecule has 1 rings (SSSR count). The molecule has 1 unspecified atom stereocenters. The fourth-order valence-corrected chi connectivity index (χ4v) is 3.20. The number of benzene rings is 1. The second-order valence-electron chi connectivity index (χ2n) is 5.14. The van der Waals surface area contributed by atoms with Gasteiger partial charge in [0.15, 0.2) is 0 Å². The van der Waals surface area contributed by atoms with Crippen molar-refractivity contribution >= 4 is 11.8 Å². The van der Waals surface area contributed by atoms with Crippen LogP contribution in [-0.4, -0.2) is 13.3 Å². The molecular weight excluding hydrogens is 250 g/mol. The summed E-state index contributed by atoms with van der Waals surface area (Å²) in [6.45, 7) is 2.27. The zero-order chi connectivity index (χ0) is 13.9. The summed E-state index contributed by atoms with van der Waals surface area (Å²) in [5.41, 5.74) is 1.46. The summed E-state index contributed by atoms with van der Waals surface area (Å²) in [5.74, 6) is 0. The van der Waals surface area contributed by atoms with Gasteiger partial charge in [-0.3, -0.25) is 0 Å². The van der Waals surface area contributed by atoms with Crippen molar-refractivity contribution < 1.29 is 0 Å². The summed E-state index contributed by atoms with van der Waals surface area (Å²) >= 11 is 1.85. The number of thioether (sulfide) groups is 1. The van der Waals surface area contributed by atoms with Crippen molar-refractivity contribution in [2.45, 2.75) is 62.8 Å². The van der Waals surface area contributed by atoms with Crippen LogP contribution in [0.2, 0.25) is 0 Å². The van der Waals surface area contributed by atoms with E-state index >= 15 is 0 Å². The highest BCUT2D eigenvalue weighted by Crippen LogP contribution is 2.28. The molecule has 0 bridgehead atoms. The number of hydrogen-bond donors (Lipinski definition) is 1. The molecule has 0 amide bonds. The zero-order valence-corrected chi connectivity index (χ0v) is 13.6. The average Bonchev–Trinajstić information content (AvgIpc) is 2.47. The third kappa shape index (κ3) is 6.01. The minimum atomic E-state index is 0.509. The van der Waals surface area contributed by atoms with Crippen LogP contribution < -0.4 is 5.32 Å². The molecule has 0 heterocycles. The van der Waals surface area contributed by atoms with Gasteiger partial charge in [-0.2, -0.15) is 0 Å². The molecule has 0 radical (unpaired) electrons. The van der Waals surface area contributed by atoms with Gasteiger partial charge in [0.05, 0.1) is 0 Å². The molecule has 0 saturated heterocycles. The van der Waals surface area contributed by atoms with Gasteiger partial charge in [0.25, 0.3) is 0 Å². The van der Waals surface area contributed by atoms with Crippen molar-refractivity contribution in [2.24, 2.45) is 0 Å². The fourth-order valence-electron chi connectivity index (χ4n) is 2.54. The van der Waals surface area contributed by atoms with Gasteiger partial charge in [-0.25, -0.2) is 0 Å². The van der Waals surface area contributed by atoms with Gasteiger partial charge in [-0.15, -0.1) is 11.8 Å². The van der Waals surface area contributed by atoms with Crippen LogP contribution in [0.15, 0.2) is 29.2 Å². The van der Waals surface area contributed by atoms with Crippen LogP contribution in [0.25, 0.3) is 0 Å². The Labute approximate surface area is 123 Å². The van der Waals surface area contributed by atoms with Crippen LogP contribution in [0.1, 0.15) is 63.5 Å². The highest BCUT2D eigenvalue weighted by atomic mass is 32.2.